The first kappa shape index (κ1) is 29.0. The molecule has 218 valence electrons. The number of hydrogen-bond acceptors (Lipinski definition) is 7. The van der Waals surface area contributed by atoms with E-state index in [1.165, 1.54) is 11.3 Å². The number of primary amides is 1. The topological polar surface area (TPSA) is 100 Å². The van der Waals surface area contributed by atoms with E-state index in [2.05, 4.69) is 39.6 Å². The van der Waals surface area contributed by atoms with Crippen molar-refractivity contribution in [1.29, 1.82) is 0 Å². The standard InChI is InChI=1S/C30H30ClIN6O3S/c1-17(20-6-4-5-7-22(20)31)40-27-26(32)30(42-28(27)29(33)39)38-16-34-23-12-21(18-14-35-37(3)15-18)25(13-24(23)38)41-19-8-10-36(2)11-9-19/h4-7,12-17,19H,8-11H2,1-3H3,(H2,33,39)/t17-/m1/s1. The van der Waals surface area contributed by atoms with E-state index in [4.69, 9.17) is 31.8 Å². The van der Waals surface area contributed by atoms with Crippen LogP contribution in [0.15, 0.2) is 55.1 Å². The average molecular weight is 717 g/mol. The average Bonchev–Trinajstić information content (AvgIpc) is 3.67. The number of piperidine rings is 1. The molecule has 12 heteroatoms. The van der Waals surface area contributed by atoms with Gasteiger partial charge in [0.1, 0.15) is 34.2 Å². The van der Waals surface area contributed by atoms with E-state index in [9.17, 15) is 4.79 Å². The second kappa shape index (κ2) is 11.9. The number of fused-ring (bicyclic) bond motifs is 1. The summed E-state index contributed by atoms with van der Waals surface area (Å²) in [7, 11) is 4.04. The summed E-state index contributed by atoms with van der Waals surface area (Å²) in [6.45, 7) is 3.89. The Hall–Kier alpha value is -3.13. The predicted octanol–water partition coefficient (Wildman–Crippen LogP) is 6.46. The molecule has 0 radical (unpaired) electrons. The molecule has 2 aromatic carbocycles. The highest BCUT2D eigenvalue weighted by Crippen LogP contribution is 2.43. The molecule has 6 rings (SSSR count). The van der Waals surface area contributed by atoms with Crippen LogP contribution in [0.4, 0.5) is 0 Å². The van der Waals surface area contributed by atoms with Crippen molar-refractivity contribution in [3.05, 3.63) is 74.2 Å². The smallest absolute Gasteiger partial charge is 0.262 e. The first-order valence-electron chi connectivity index (χ1n) is 13.6. The molecule has 4 heterocycles. The summed E-state index contributed by atoms with van der Waals surface area (Å²) < 4.78 is 17.5. The van der Waals surface area contributed by atoms with Gasteiger partial charge in [-0.3, -0.25) is 14.0 Å². The molecule has 0 spiro atoms. The Labute approximate surface area is 266 Å². The van der Waals surface area contributed by atoms with Crippen LogP contribution in [0, 0.1) is 3.57 Å². The summed E-state index contributed by atoms with van der Waals surface area (Å²) in [6.07, 6.45) is 7.20. The second-order valence-electron chi connectivity index (χ2n) is 10.5. The van der Waals surface area contributed by atoms with Gasteiger partial charge in [-0.05, 0) is 61.5 Å². The van der Waals surface area contributed by atoms with Gasteiger partial charge in [-0.25, -0.2) is 4.98 Å². The normalized spacial score (nSPS) is 15.3. The van der Waals surface area contributed by atoms with Crippen LogP contribution < -0.4 is 15.2 Å². The number of thiophene rings is 1. The zero-order valence-corrected chi connectivity index (χ0v) is 27.1. The Morgan fingerprint density at radius 2 is 1.98 bits per heavy atom. The number of imidazole rings is 1. The monoisotopic (exact) mass is 716 g/mol. The fourth-order valence-electron chi connectivity index (χ4n) is 5.22. The van der Waals surface area contributed by atoms with E-state index in [0.717, 1.165) is 68.0 Å². The van der Waals surface area contributed by atoms with Gasteiger partial charge in [-0.2, -0.15) is 5.10 Å². The lowest BCUT2D eigenvalue weighted by Gasteiger charge is -2.30. The third kappa shape index (κ3) is 5.62. The lowest BCUT2D eigenvalue weighted by molar-refractivity contribution is 0.0998. The van der Waals surface area contributed by atoms with E-state index in [0.29, 0.717) is 15.6 Å². The first-order valence-corrected chi connectivity index (χ1v) is 15.9. The molecular weight excluding hydrogens is 687 g/mol. The largest absolute Gasteiger partial charge is 0.490 e. The van der Waals surface area contributed by atoms with Gasteiger partial charge in [0, 0.05) is 54.1 Å². The summed E-state index contributed by atoms with van der Waals surface area (Å²) in [5.41, 5.74) is 10.2. The summed E-state index contributed by atoms with van der Waals surface area (Å²) >= 11 is 9.92. The third-order valence-electron chi connectivity index (χ3n) is 7.50. The quantitative estimate of drug-likeness (QED) is 0.185. The van der Waals surface area contributed by atoms with Crippen LogP contribution in [0.3, 0.4) is 0 Å². The molecule has 2 N–H and O–H groups in total. The summed E-state index contributed by atoms with van der Waals surface area (Å²) in [5, 5.41) is 5.76. The van der Waals surface area contributed by atoms with Crippen molar-refractivity contribution in [2.24, 2.45) is 12.8 Å². The molecule has 42 heavy (non-hydrogen) atoms. The van der Waals surface area contributed by atoms with Crippen LogP contribution in [0.2, 0.25) is 5.02 Å². The molecule has 0 unspecified atom stereocenters. The predicted molar refractivity (Wildman–Crippen MR) is 174 cm³/mol. The van der Waals surface area contributed by atoms with Gasteiger partial charge in [-0.1, -0.05) is 29.8 Å². The lowest BCUT2D eigenvalue weighted by atomic mass is 10.1. The van der Waals surface area contributed by atoms with Crippen molar-refractivity contribution in [2.45, 2.75) is 32.0 Å². The minimum Gasteiger partial charge on any atom is -0.490 e. The van der Waals surface area contributed by atoms with Crippen molar-refractivity contribution < 1.29 is 14.3 Å². The minimum absolute atomic E-state index is 0.111. The van der Waals surface area contributed by atoms with Gasteiger partial charge in [0.15, 0.2) is 5.75 Å². The number of nitrogens with zero attached hydrogens (tertiary/aromatic N) is 5. The van der Waals surface area contributed by atoms with Crippen LogP contribution >= 0.6 is 45.5 Å². The molecule has 0 saturated carbocycles. The number of aromatic nitrogens is 4. The van der Waals surface area contributed by atoms with Crippen molar-refractivity contribution in [3.8, 4) is 27.6 Å². The Balaban J connectivity index is 1.43. The molecule has 1 amide bonds. The molecule has 1 aliphatic rings. The molecule has 0 bridgehead atoms. The number of amides is 1. The van der Waals surface area contributed by atoms with Crippen LogP contribution in [0.1, 0.15) is 41.1 Å². The third-order valence-corrected chi connectivity index (χ3v) is 10.4. The molecule has 1 aliphatic heterocycles. The number of benzene rings is 2. The first-order chi connectivity index (χ1) is 20.2. The van der Waals surface area contributed by atoms with E-state index in [1.807, 2.05) is 67.3 Å². The molecule has 0 aliphatic carbocycles. The highest BCUT2D eigenvalue weighted by Gasteiger charge is 2.27. The number of carbonyl (C=O) groups is 1. The summed E-state index contributed by atoms with van der Waals surface area (Å²) in [6, 6.07) is 11.6. The van der Waals surface area contributed by atoms with Crippen molar-refractivity contribution in [1.82, 2.24) is 24.2 Å². The maximum atomic E-state index is 12.6. The van der Waals surface area contributed by atoms with Crippen molar-refractivity contribution >= 4 is 62.5 Å². The van der Waals surface area contributed by atoms with E-state index in [-0.39, 0.29) is 6.10 Å². The minimum atomic E-state index is -0.555. The van der Waals surface area contributed by atoms with E-state index < -0.39 is 12.0 Å². The van der Waals surface area contributed by atoms with Crippen LogP contribution in [-0.2, 0) is 7.05 Å². The van der Waals surface area contributed by atoms with Gasteiger partial charge in [0.25, 0.3) is 5.91 Å². The summed E-state index contributed by atoms with van der Waals surface area (Å²) in [4.78, 5) is 20.0. The Morgan fingerprint density at radius 1 is 1.21 bits per heavy atom. The maximum absolute atomic E-state index is 12.6. The highest BCUT2D eigenvalue weighted by molar-refractivity contribution is 14.1. The number of likely N-dealkylation sites (tertiary alicyclic amines) is 1. The van der Waals surface area contributed by atoms with Gasteiger partial charge >= 0.3 is 0 Å². The number of ether oxygens (including phenoxy) is 2. The van der Waals surface area contributed by atoms with Crippen LogP contribution in [-0.4, -0.2) is 56.4 Å². The lowest BCUT2D eigenvalue weighted by Crippen LogP contribution is -2.35. The number of carbonyl (C=O) groups excluding carboxylic acids is 1. The van der Waals surface area contributed by atoms with Crippen LogP contribution in [0.25, 0.3) is 27.2 Å². The zero-order chi connectivity index (χ0) is 29.5. The Kier molecular flexibility index (Phi) is 8.18. The molecular formula is C30H30ClIN6O3S. The van der Waals surface area contributed by atoms with Crippen molar-refractivity contribution in [2.75, 3.05) is 20.1 Å². The number of nitrogens with two attached hydrogens (primary N) is 1. The van der Waals surface area contributed by atoms with Crippen molar-refractivity contribution in [3.63, 3.8) is 0 Å². The van der Waals surface area contributed by atoms with Gasteiger partial charge < -0.3 is 20.1 Å². The number of rotatable bonds is 8. The summed E-state index contributed by atoms with van der Waals surface area (Å²) in [5.74, 6) is 0.657. The Morgan fingerprint density at radius 3 is 2.67 bits per heavy atom. The second-order valence-corrected chi connectivity index (χ2v) is 13.0. The van der Waals surface area contributed by atoms with Crippen LogP contribution in [0.5, 0.6) is 11.5 Å². The van der Waals surface area contributed by atoms with Gasteiger partial charge in [-0.15, -0.1) is 11.3 Å². The maximum Gasteiger partial charge on any atom is 0.262 e. The van der Waals surface area contributed by atoms with Gasteiger partial charge in [0.05, 0.1) is 20.8 Å². The highest BCUT2D eigenvalue weighted by atomic mass is 127. The molecule has 1 fully saturated rings. The molecule has 1 atom stereocenters. The Bertz CT molecular complexity index is 1770. The molecule has 3 aromatic heterocycles. The number of aryl methyl sites for hydroxylation is 1. The zero-order valence-electron chi connectivity index (χ0n) is 23.4. The molecule has 5 aromatic rings. The molecule has 9 nitrogen and oxygen atoms in total. The fourth-order valence-corrected chi connectivity index (χ4v) is 7.64. The van der Waals surface area contributed by atoms with E-state index >= 15 is 0 Å². The fraction of sp³-hybridized carbons (Fsp3) is 0.300. The van der Waals surface area contributed by atoms with E-state index in [1.54, 1.807) is 11.0 Å². The number of halogens is 2. The molecule has 1 saturated heterocycles. The SMILES string of the molecule is C[C@@H](Oc1c(C(N)=O)sc(-n2cnc3cc(-c4cnn(C)c4)c(OC4CCN(C)CC4)cc32)c1I)c1ccccc1Cl. The number of hydrogen-bond donors (Lipinski definition) is 1. The van der Waals surface area contributed by atoms with Gasteiger partial charge in [0.2, 0.25) is 0 Å².